The van der Waals surface area contributed by atoms with Gasteiger partial charge in [0, 0.05) is 25.2 Å². The summed E-state index contributed by atoms with van der Waals surface area (Å²) >= 11 is 0. The average Bonchev–Trinajstić information content (AvgIpc) is 3.45. The van der Waals surface area contributed by atoms with Crippen molar-refractivity contribution in [3.63, 3.8) is 0 Å². The van der Waals surface area contributed by atoms with Crippen LogP contribution in [-0.4, -0.2) is 73.8 Å². The second-order valence-corrected chi connectivity index (χ2v) is 21.3. The van der Waals surface area contributed by atoms with Gasteiger partial charge in [-0.05, 0) is 139 Å². The summed E-state index contributed by atoms with van der Waals surface area (Å²) in [5.74, 6) is 1.76. The Morgan fingerprint density at radius 3 is 2.27 bits per heavy atom. The normalized spacial score (nSPS) is 40.6. The van der Waals surface area contributed by atoms with Crippen LogP contribution in [0.3, 0.4) is 0 Å². The fourth-order valence-electron chi connectivity index (χ4n) is 13.7. The Kier molecular flexibility index (Phi) is 9.41. The van der Waals surface area contributed by atoms with Gasteiger partial charge in [0.15, 0.2) is 9.84 Å². The van der Waals surface area contributed by atoms with Gasteiger partial charge in [-0.1, -0.05) is 65.0 Å². The minimum Gasteiger partial charge on any atom is -0.478 e. The van der Waals surface area contributed by atoms with Gasteiger partial charge in [0.25, 0.3) is 0 Å². The Morgan fingerprint density at radius 2 is 1.62 bits per heavy atom. The third-order valence-electron chi connectivity index (χ3n) is 16.5. The Hall–Kier alpha value is -2.65. The largest absolute Gasteiger partial charge is 0.478 e. The van der Waals surface area contributed by atoms with Crippen molar-refractivity contribution in [1.82, 2.24) is 10.2 Å². The van der Waals surface area contributed by atoms with Crippen LogP contribution >= 0.6 is 0 Å². The summed E-state index contributed by atoms with van der Waals surface area (Å²) in [7, 11) is -2.94. The van der Waals surface area contributed by atoms with Crippen molar-refractivity contribution in [2.75, 3.05) is 37.7 Å². The number of amides is 1. The van der Waals surface area contributed by atoms with Crippen molar-refractivity contribution in [3.05, 3.63) is 53.6 Å². The maximum Gasteiger partial charge on any atom is 0.407 e. The van der Waals surface area contributed by atoms with Crippen molar-refractivity contribution in [3.8, 4) is 0 Å². The lowest BCUT2D eigenvalue weighted by atomic mass is 9.33. The van der Waals surface area contributed by atoms with E-state index in [0.29, 0.717) is 54.8 Å². The molecule has 7 rings (SSSR count). The number of fused-ring (bicyclic) bond motifs is 7. The summed E-state index contributed by atoms with van der Waals surface area (Å²) in [4.78, 5) is 27.2. The fourth-order valence-corrected chi connectivity index (χ4v) is 15.0. The first-order valence-corrected chi connectivity index (χ1v) is 21.8. The zero-order valence-corrected chi connectivity index (χ0v) is 33.2. The molecule has 0 radical (unpaired) electrons. The lowest BCUT2D eigenvalue weighted by Crippen LogP contribution is -2.68. The molecule has 0 bridgehead atoms. The van der Waals surface area contributed by atoms with Gasteiger partial charge in [-0.2, -0.15) is 0 Å². The molecule has 9 atom stereocenters. The maximum absolute atomic E-state index is 13.5. The quantitative estimate of drug-likeness (QED) is 0.272. The van der Waals surface area contributed by atoms with E-state index in [1.807, 2.05) is 12.1 Å². The Balaban J connectivity index is 1.11. The number of nitrogens with one attached hydrogen (secondary N) is 1. The van der Waals surface area contributed by atoms with Gasteiger partial charge in [-0.15, -0.1) is 0 Å². The Labute approximate surface area is 312 Å². The van der Waals surface area contributed by atoms with Gasteiger partial charge in [-0.25, -0.2) is 18.0 Å². The molecule has 0 aromatic heterocycles. The molecule has 5 aliphatic carbocycles. The third-order valence-corrected chi connectivity index (χ3v) is 18.1. The first kappa shape index (κ1) is 37.7. The molecular weight excluding hydrogens is 673 g/mol. The molecule has 1 aliphatic heterocycles. The number of carboxylic acids is 1. The van der Waals surface area contributed by atoms with E-state index in [4.69, 9.17) is 4.74 Å². The summed E-state index contributed by atoms with van der Waals surface area (Å²) < 4.78 is 29.5. The molecule has 1 heterocycles. The third kappa shape index (κ3) is 5.90. The summed E-state index contributed by atoms with van der Waals surface area (Å²) in [5.41, 5.74) is 4.19. The highest BCUT2D eigenvalue weighted by Gasteiger charge is 2.70. The number of hydrogen-bond acceptors (Lipinski definition) is 6. The molecule has 2 N–H and O–H groups in total. The lowest BCUT2D eigenvalue weighted by Gasteiger charge is -2.72. The van der Waals surface area contributed by atoms with Gasteiger partial charge in [0.05, 0.1) is 17.1 Å². The van der Waals surface area contributed by atoms with E-state index in [1.54, 1.807) is 12.1 Å². The highest BCUT2D eigenvalue weighted by Crippen LogP contribution is 2.76. The molecule has 1 amide bonds. The molecule has 5 fully saturated rings. The number of ether oxygens (including phenoxy) is 1. The van der Waals surface area contributed by atoms with Crippen LogP contribution in [0.5, 0.6) is 0 Å². The average molecular weight is 735 g/mol. The molecule has 286 valence electrons. The second kappa shape index (κ2) is 13.0. The molecule has 0 spiro atoms. The van der Waals surface area contributed by atoms with Crippen molar-refractivity contribution < 1.29 is 27.9 Å². The zero-order valence-electron chi connectivity index (χ0n) is 32.4. The van der Waals surface area contributed by atoms with Gasteiger partial charge in [0.1, 0.15) is 6.61 Å². The minimum absolute atomic E-state index is 0.0367. The number of carbonyl (C=O) groups is 2. The number of allylic oxidation sites excluding steroid dienone is 3. The van der Waals surface area contributed by atoms with E-state index in [-0.39, 0.29) is 51.4 Å². The molecule has 1 saturated heterocycles. The van der Waals surface area contributed by atoms with Crippen LogP contribution in [0.2, 0.25) is 0 Å². The highest BCUT2D eigenvalue weighted by atomic mass is 32.2. The Morgan fingerprint density at radius 1 is 0.923 bits per heavy atom. The number of rotatable bonds is 7. The van der Waals surface area contributed by atoms with Crippen LogP contribution in [0.15, 0.2) is 42.5 Å². The molecule has 4 saturated carbocycles. The van der Waals surface area contributed by atoms with Gasteiger partial charge in [0.2, 0.25) is 0 Å². The van der Waals surface area contributed by atoms with Crippen LogP contribution in [-0.2, 0) is 14.6 Å². The van der Waals surface area contributed by atoms with Crippen LogP contribution in [0, 0.1) is 51.2 Å². The van der Waals surface area contributed by atoms with Gasteiger partial charge >= 0.3 is 12.1 Å². The topological polar surface area (TPSA) is 113 Å². The summed E-state index contributed by atoms with van der Waals surface area (Å²) in [5, 5.41) is 13.0. The van der Waals surface area contributed by atoms with E-state index < -0.39 is 15.8 Å². The smallest absolute Gasteiger partial charge is 0.407 e. The van der Waals surface area contributed by atoms with Crippen molar-refractivity contribution in [2.24, 2.45) is 51.2 Å². The minimum atomic E-state index is -2.94. The standard InChI is InChI=1S/C43H62N2O6S/c1-28(2)31-14-19-43(44-38(48)51-25-22-45-23-26-52(49,50)27-24-45)21-20-41(6)33(36(31)43)12-13-35-40(5)17-15-32(29-8-10-30(11-9-29)37(46)47)39(3,4)34(40)16-18-42(35,41)7/h8-11,15,31,33-36H,1,12-14,16-27H2,2-7H3,(H,44,48)(H,46,47). The fraction of sp³-hybridized carbons (Fsp3) is 0.721. The zero-order chi connectivity index (χ0) is 37.5. The molecule has 52 heavy (non-hydrogen) atoms. The number of hydrogen-bond donors (Lipinski definition) is 2. The molecule has 6 aliphatic rings. The maximum atomic E-state index is 13.5. The highest BCUT2D eigenvalue weighted by molar-refractivity contribution is 7.91. The van der Waals surface area contributed by atoms with Crippen LogP contribution in [0.4, 0.5) is 4.79 Å². The monoisotopic (exact) mass is 734 g/mol. The van der Waals surface area contributed by atoms with Gasteiger partial charge in [-0.3, -0.25) is 4.90 Å². The predicted molar refractivity (Wildman–Crippen MR) is 206 cm³/mol. The molecule has 1 aromatic rings. The van der Waals surface area contributed by atoms with Crippen molar-refractivity contribution in [1.29, 1.82) is 0 Å². The number of alkyl carbamates (subject to hydrolysis) is 1. The second-order valence-electron chi connectivity index (χ2n) is 19.0. The SMILES string of the molecule is C=C(C)C1CCC2(NC(=O)OCCN3CCS(=O)(=O)CC3)CCC3(C)C(CCC4C5(C)CC=C(c6ccc(C(=O)O)cc6)C(C)(C)C5CCC43C)C12. The summed E-state index contributed by atoms with van der Waals surface area (Å²) in [6.45, 7) is 21.2. The number of carboxylic acid groups (broad SMARTS) is 1. The van der Waals surface area contributed by atoms with Crippen LogP contribution in [0.1, 0.15) is 115 Å². The number of carbonyl (C=O) groups excluding carboxylic acids is 1. The molecule has 9 heteroatoms. The number of nitrogens with zero attached hydrogens (tertiary/aromatic N) is 1. The van der Waals surface area contributed by atoms with Crippen LogP contribution < -0.4 is 5.32 Å². The van der Waals surface area contributed by atoms with E-state index in [0.717, 1.165) is 44.1 Å². The van der Waals surface area contributed by atoms with E-state index in [1.165, 1.54) is 30.4 Å². The van der Waals surface area contributed by atoms with Crippen molar-refractivity contribution >= 4 is 27.5 Å². The van der Waals surface area contributed by atoms with Crippen LogP contribution in [0.25, 0.3) is 5.57 Å². The predicted octanol–water partition coefficient (Wildman–Crippen LogP) is 8.24. The van der Waals surface area contributed by atoms with E-state index >= 15 is 0 Å². The van der Waals surface area contributed by atoms with Crippen molar-refractivity contribution in [2.45, 2.75) is 105 Å². The number of aromatic carboxylic acids is 1. The first-order valence-electron chi connectivity index (χ1n) is 19.9. The van der Waals surface area contributed by atoms with E-state index in [9.17, 15) is 23.1 Å². The molecular formula is C43H62N2O6S. The lowest BCUT2D eigenvalue weighted by molar-refractivity contribution is -0.218. The summed E-state index contributed by atoms with van der Waals surface area (Å²) in [6, 6.07) is 7.49. The Bertz CT molecular complexity index is 1740. The number of sulfone groups is 1. The summed E-state index contributed by atoms with van der Waals surface area (Å²) in [6.07, 6.45) is 12.0. The molecule has 1 aromatic carbocycles. The molecule has 9 unspecified atom stereocenters. The van der Waals surface area contributed by atoms with Gasteiger partial charge < -0.3 is 15.2 Å². The number of benzene rings is 1. The first-order chi connectivity index (χ1) is 24.4. The molecule has 8 nitrogen and oxygen atoms in total. The van der Waals surface area contributed by atoms with E-state index in [2.05, 4.69) is 64.4 Å².